The maximum absolute atomic E-state index is 12.9. The van der Waals surface area contributed by atoms with Crippen molar-refractivity contribution in [3.8, 4) is 11.5 Å². The van der Waals surface area contributed by atoms with E-state index in [-0.39, 0.29) is 6.42 Å². The van der Waals surface area contributed by atoms with Crippen LogP contribution in [0, 0.1) is 0 Å². The fourth-order valence-electron chi connectivity index (χ4n) is 5.14. The van der Waals surface area contributed by atoms with Crippen LogP contribution in [0.2, 0.25) is 0 Å². The predicted molar refractivity (Wildman–Crippen MR) is 150 cm³/mol. The van der Waals surface area contributed by atoms with Gasteiger partial charge in [0.1, 0.15) is 30.3 Å². The first-order chi connectivity index (χ1) is 20.3. The smallest absolute Gasteiger partial charge is 0.489 e. The number of carbonyl (C=O) groups excluding carboxylic acids is 1. The van der Waals surface area contributed by atoms with E-state index in [4.69, 9.17) is 14.2 Å². The molecule has 0 aromatic heterocycles. The molecule has 43 heavy (non-hydrogen) atoms. The summed E-state index contributed by atoms with van der Waals surface area (Å²) in [6, 6.07) is 21.1. The molecular formula is C30H31F3N2O7S. The third kappa shape index (κ3) is 7.59. The average molecular weight is 621 g/mol. The maximum atomic E-state index is 12.9. The highest BCUT2D eigenvalue weighted by atomic mass is 32.2. The lowest BCUT2D eigenvalue weighted by atomic mass is 9.92. The number of fused-ring (bicyclic) bond motifs is 1. The van der Waals surface area contributed by atoms with Crippen molar-refractivity contribution >= 4 is 16.1 Å². The molecule has 0 bridgehead atoms. The van der Waals surface area contributed by atoms with Crippen LogP contribution in [0.1, 0.15) is 30.5 Å². The molecule has 0 saturated carbocycles. The van der Waals surface area contributed by atoms with Crippen LogP contribution in [0.5, 0.6) is 11.5 Å². The van der Waals surface area contributed by atoms with Crippen LogP contribution in [0.15, 0.2) is 78.9 Å². The van der Waals surface area contributed by atoms with Crippen molar-refractivity contribution in [2.24, 2.45) is 0 Å². The summed E-state index contributed by atoms with van der Waals surface area (Å²) in [6.45, 7) is 4.01. The van der Waals surface area contributed by atoms with Gasteiger partial charge in [0.25, 0.3) is 0 Å². The molecule has 2 heterocycles. The number of carbonyl (C=O) groups is 1. The molecule has 0 spiro atoms. The molecule has 0 unspecified atom stereocenters. The summed E-state index contributed by atoms with van der Waals surface area (Å²) in [6.07, 6.45) is -0.388. The van der Waals surface area contributed by atoms with Crippen molar-refractivity contribution in [1.82, 2.24) is 10.6 Å². The second kappa shape index (κ2) is 12.1. The molecular weight excluding hydrogens is 589 g/mol. The van der Waals surface area contributed by atoms with Gasteiger partial charge in [0.05, 0.1) is 12.1 Å². The average Bonchev–Trinajstić information content (AvgIpc) is 3.22. The van der Waals surface area contributed by atoms with E-state index in [2.05, 4.69) is 14.8 Å². The SMILES string of the molecule is CC1(C)O[C@@H]2[C@@H](O1)[C@@H](Cc1ccc(OS(=O)(=O)C(F)(F)F)cc1)NC(=O)N[C@@H]2Cc1ccc(OCc2ccccc2)cc1. The number of hydrogen-bond donors (Lipinski definition) is 2. The van der Waals surface area contributed by atoms with E-state index in [0.717, 1.165) is 23.3 Å². The van der Waals surface area contributed by atoms with Gasteiger partial charge in [0.2, 0.25) is 0 Å². The fraction of sp³-hybridized carbons (Fsp3) is 0.367. The van der Waals surface area contributed by atoms with Gasteiger partial charge >= 0.3 is 21.7 Å². The Kier molecular flexibility index (Phi) is 8.59. The van der Waals surface area contributed by atoms with E-state index in [9.17, 15) is 26.4 Å². The van der Waals surface area contributed by atoms with Gasteiger partial charge in [0, 0.05) is 0 Å². The minimum atomic E-state index is -5.79. The molecule has 2 N–H and O–H groups in total. The van der Waals surface area contributed by atoms with E-state index in [1.165, 1.54) is 12.1 Å². The lowest BCUT2D eigenvalue weighted by Gasteiger charge is -2.26. The van der Waals surface area contributed by atoms with Crippen LogP contribution in [0.3, 0.4) is 0 Å². The minimum Gasteiger partial charge on any atom is -0.489 e. The molecule has 9 nitrogen and oxygen atoms in total. The highest BCUT2D eigenvalue weighted by Gasteiger charge is 2.51. The molecule has 0 aliphatic carbocycles. The van der Waals surface area contributed by atoms with Crippen LogP contribution < -0.4 is 19.6 Å². The fourth-order valence-corrected chi connectivity index (χ4v) is 5.60. The zero-order valence-electron chi connectivity index (χ0n) is 23.3. The largest absolute Gasteiger partial charge is 0.534 e. The van der Waals surface area contributed by atoms with E-state index in [1.807, 2.05) is 54.6 Å². The summed E-state index contributed by atoms with van der Waals surface area (Å²) in [7, 11) is -5.79. The maximum Gasteiger partial charge on any atom is 0.534 e. The summed E-state index contributed by atoms with van der Waals surface area (Å²) < 4.78 is 83.1. The molecule has 2 amide bonds. The number of rotatable bonds is 9. The third-order valence-corrected chi connectivity index (χ3v) is 8.06. The summed E-state index contributed by atoms with van der Waals surface area (Å²) in [4.78, 5) is 12.9. The zero-order chi connectivity index (χ0) is 30.8. The molecule has 13 heteroatoms. The van der Waals surface area contributed by atoms with Crippen molar-refractivity contribution in [1.29, 1.82) is 0 Å². The minimum absolute atomic E-state index is 0.237. The number of urea groups is 1. The van der Waals surface area contributed by atoms with E-state index in [0.29, 0.717) is 24.3 Å². The second-order valence-electron chi connectivity index (χ2n) is 10.8. The molecule has 2 aliphatic heterocycles. The van der Waals surface area contributed by atoms with E-state index >= 15 is 0 Å². The summed E-state index contributed by atoms with van der Waals surface area (Å²) in [5.41, 5.74) is -2.92. The zero-order valence-corrected chi connectivity index (χ0v) is 24.2. The van der Waals surface area contributed by atoms with Gasteiger partial charge < -0.3 is 29.0 Å². The van der Waals surface area contributed by atoms with Crippen LogP contribution in [0.25, 0.3) is 0 Å². The number of alkyl halides is 3. The van der Waals surface area contributed by atoms with Crippen molar-refractivity contribution in [3.05, 3.63) is 95.6 Å². The van der Waals surface area contributed by atoms with Crippen LogP contribution >= 0.6 is 0 Å². The normalized spacial score (nSPS) is 23.4. The quantitative estimate of drug-likeness (QED) is 0.260. The Morgan fingerprint density at radius 1 is 0.767 bits per heavy atom. The Morgan fingerprint density at radius 2 is 1.26 bits per heavy atom. The molecule has 3 aromatic rings. The van der Waals surface area contributed by atoms with Crippen molar-refractivity contribution in [2.75, 3.05) is 0 Å². The highest BCUT2D eigenvalue weighted by molar-refractivity contribution is 7.88. The van der Waals surface area contributed by atoms with Gasteiger partial charge in [0.15, 0.2) is 5.79 Å². The van der Waals surface area contributed by atoms with Crippen LogP contribution in [-0.4, -0.2) is 50.0 Å². The highest BCUT2D eigenvalue weighted by Crippen LogP contribution is 2.35. The lowest BCUT2D eigenvalue weighted by Crippen LogP contribution is -2.47. The number of halogens is 3. The number of ether oxygens (including phenoxy) is 3. The van der Waals surface area contributed by atoms with Crippen molar-refractivity contribution in [3.63, 3.8) is 0 Å². The molecule has 230 valence electrons. The monoisotopic (exact) mass is 620 g/mol. The molecule has 2 aliphatic rings. The summed E-state index contributed by atoms with van der Waals surface area (Å²) in [5.74, 6) is -0.705. The Bertz CT molecular complexity index is 1520. The Labute approximate surface area is 247 Å². The number of amides is 2. The Balaban J connectivity index is 1.26. The molecule has 5 rings (SSSR count). The van der Waals surface area contributed by atoms with Gasteiger partial charge in [-0.05, 0) is 67.6 Å². The summed E-state index contributed by atoms with van der Waals surface area (Å²) >= 11 is 0. The number of nitrogens with one attached hydrogen (secondary N) is 2. The van der Waals surface area contributed by atoms with Gasteiger partial charge in [-0.1, -0.05) is 54.6 Å². The Hall–Kier alpha value is -3.81. The van der Waals surface area contributed by atoms with Crippen molar-refractivity contribution < 1.29 is 44.8 Å². The molecule has 0 radical (unpaired) electrons. The first kappa shape index (κ1) is 30.6. The molecule has 2 fully saturated rings. The second-order valence-corrected chi connectivity index (χ2v) is 12.4. The lowest BCUT2D eigenvalue weighted by molar-refractivity contribution is -0.150. The first-order valence-corrected chi connectivity index (χ1v) is 15.0. The predicted octanol–water partition coefficient (Wildman–Crippen LogP) is 4.85. The number of hydrogen-bond acceptors (Lipinski definition) is 7. The van der Waals surface area contributed by atoms with E-state index in [1.54, 1.807) is 13.8 Å². The van der Waals surface area contributed by atoms with Crippen LogP contribution in [0.4, 0.5) is 18.0 Å². The molecule has 4 atom stereocenters. The van der Waals surface area contributed by atoms with E-state index < -0.39 is 57.5 Å². The topological polar surface area (TPSA) is 112 Å². The summed E-state index contributed by atoms with van der Waals surface area (Å²) in [5, 5.41) is 5.90. The van der Waals surface area contributed by atoms with Gasteiger partial charge in [-0.25, -0.2) is 4.79 Å². The standard InChI is InChI=1S/C30H31F3N2O7S/c1-29(2)40-26-24(16-19-8-12-22(13-9-19)39-18-21-6-4-3-5-7-21)34-28(36)35-25(27(26)41-29)17-20-10-14-23(15-11-20)42-43(37,38)30(31,32)33/h3-15,24-27H,16-18H2,1-2H3,(H2,34,35,36)/t24-,25-,26+,27+/m1/s1. The third-order valence-electron chi connectivity index (χ3n) is 7.09. The number of benzene rings is 3. The van der Waals surface area contributed by atoms with Gasteiger partial charge in [-0.3, -0.25) is 0 Å². The Morgan fingerprint density at radius 3 is 1.74 bits per heavy atom. The first-order valence-electron chi connectivity index (χ1n) is 13.6. The van der Waals surface area contributed by atoms with Gasteiger partial charge in [-0.15, -0.1) is 0 Å². The van der Waals surface area contributed by atoms with Gasteiger partial charge in [-0.2, -0.15) is 21.6 Å². The molecule has 3 aromatic carbocycles. The van der Waals surface area contributed by atoms with Crippen LogP contribution in [-0.2, 0) is 39.0 Å². The van der Waals surface area contributed by atoms with Crippen molar-refractivity contribution in [2.45, 2.75) is 68.9 Å². The molecule has 2 saturated heterocycles.